The van der Waals surface area contributed by atoms with Gasteiger partial charge in [-0.25, -0.2) is 4.98 Å². The molecule has 108 valence electrons. The average molecular weight is 298 g/mol. The molecule has 0 fully saturated rings. The van der Waals surface area contributed by atoms with E-state index < -0.39 is 6.61 Å². The Hall–Kier alpha value is -1.53. The van der Waals surface area contributed by atoms with Gasteiger partial charge in [-0.2, -0.15) is 8.78 Å². The number of rotatable bonds is 7. The number of nitrogens with zero attached hydrogens (tertiary/aromatic N) is 1. The minimum absolute atomic E-state index is 0.0649. The molecule has 0 saturated carbocycles. The fourth-order valence-electron chi connectivity index (χ4n) is 1.92. The minimum Gasteiger partial charge on any atom is -0.434 e. The van der Waals surface area contributed by atoms with Gasteiger partial charge in [-0.1, -0.05) is 18.2 Å². The van der Waals surface area contributed by atoms with Gasteiger partial charge in [-0.15, -0.1) is 11.3 Å². The van der Waals surface area contributed by atoms with E-state index >= 15 is 0 Å². The van der Waals surface area contributed by atoms with Crippen molar-refractivity contribution < 1.29 is 13.5 Å². The summed E-state index contributed by atoms with van der Waals surface area (Å²) in [6, 6.07) is 6.78. The number of para-hydroxylation sites is 1. The zero-order valence-electron chi connectivity index (χ0n) is 11.1. The number of ether oxygens (including phenoxy) is 1. The average Bonchev–Trinajstić information content (AvgIpc) is 2.91. The third-order valence-corrected chi connectivity index (χ3v) is 3.71. The van der Waals surface area contributed by atoms with E-state index in [1.165, 1.54) is 0 Å². The highest BCUT2D eigenvalue weighted by atomic mass is 32.1. The van der Waals surface area contributed by atoms with Gasteiger partial charge in [0.15, 0.2) is 0 Å². The quantitative estimate of drug-likeness (QED) is 0.847. The second kappa shape index (κ2) is 7.31. The van der Waals surface area contributed by atoms with Crippen LogP contribution in [0.2, 0.25) is 0 Å². The summed E-state index contributed by atoms with van der Waals surface area (Å²) in [6.07, 6.45) is 2.59. The molecule has 20 heavy (non-hydrogen) atoms. The lowest BCUT2D eigenvalue weighted by molar-refractivity contribution is -0.0506. The molecule has 0 radical (unpaired) electrons. The molecule has 0 aliphatic heterocycles. The van der Waals surface area contributed by atoms with Crippen molar-refractivity contribution in [3.05, 3.63) is 46.4 Å². The number of halogens is 2. The first-order valence-corrected chi connectivity index (χ1v) is 7.20. The molecule has 1 aromatic heterocycles. The maximum Gasteiger partial charge on any atom is 0.387 e. The zero-order valence-corrected chi connectivity index (χ0v) is 11.9. The second-order valence-electron chi connectivity index (χ2n) is 4.27. The van der Waals surface area contributed by atoms with Crippen molar-refractivity contribution in [2.24, 2.45) is 0 Å². The predicted molar refractivity (Wildman–Crippen MR) is 75.3 cm³/mol. The van der Waals surface area contributed by atoms with Crippen molar-refractivity contribution in [3.8, 4) is 5.75 Å². The summed E-state index contributed by atoms with van der Waals surface area (Å²) < 4.78 is 29.2. The molecule has 1 N–H and O–H groups in total. The van der Waals surface area contributed by atoms with E-state index in [9.17, 15) is 8.78 Å². The number of alkyl halides is 2. The van der Waals surface area contributed by atoms with Crippen molar-refractivity contribution in [2.45, 2.75) is 26.0 Å². The molecule has 2 rings (SSSR count). The third-order valence-electron chi connectivity index (χ3n) is 2.87. The molecule has 6 heteroatoms. The van der Waals surface area contributed by atoms with Gasteiger partial charge >= 0.3 is 6.61 Å². The van der Waals surface area contributed by atoms with E-state index in [2.05, 4.69) is 15.0 Å². The molecule has 1 heterocycles. The van der Waals surface area contributed by atoms with E-state index in [4.69, 9.17) is 0 Å². The van der Waals surface area contributed by atoms with E-state index in [0.29, 0.717) is 0 Å². The number of aromatic nitrogens is 1. The maximum absolute atomic E-state index is 12.4. The number of nitrogens with one attached hydrogen (secondary N) is 1. The number of thiazole rings is 1. The standard InChI is InChI=1S/C14H16F2N2OS/c1-10(17-7-6-13-18-8-9-20-13)11-4-2-3-5-12(11)19-14(15)16/h2-5,8-10,14,17H,6-7H2,1H3. The SMILES string of the molecule is CC(NCCc1nccs1)c1ccccc1OC(F)F. The molecule has 1 unspecified atom stereocenters. The molecule has 0 saturated heterocycles. The highest BCUT2D eigenvalue weighted by Gasteiger charge is 2.13. The predicted octanol–water partition coefficient (Wildman–Crippen LogP) is 3.64. The molecule has 2 aromatic rings. The van der Waals surface area contributed by atoms with Crippen molar-refractivity contribution in [1.82, 2.24) is 10.3 Å². The van der Waals surface area contributed by atoms with Crippen LogP contribution in [0.15, 0.2) is 35.8 Å². The minimum atomic E-state index is -2.81. The second-order valence-corrected chi connectivity index (χ2v) is 5.25. The monoisotopic (exact) mass is 298 g/mol. The van der Waals surface area contributed by atoms with E-state index in [-0.39, 0.29) is 11.8 Å². The molecule has 0 aliphatic rings. The van der Waals surface area contributed by atoms with Gasteiger partial charge in [0.1, 0.15) is 5.75 Å². The van der Waals surface area contributed by atoms with Gasteiger partial charge < -0.3 is 10.1 Å². The summed E-state index contributed by atoms with van der Waals surface area (Å²) in [5.41, 5.74) is 0.729. The first-order valence-electron chi connectivity index (χ1n) is 6.32. The first-order chi connectivity index (χ1) is 9.66. The van der Waals surface area contributed by atoms with Crippen LogP contribution in [0.1, 0.15) is 23.5 Å². The molecule has 0 bridgehead atoms. The van der Waals surface area contributed by atoms with Crippen LogP contribution in [0.25, 0.3) is 0 Å². The van der Waals surface area contributed by atoms with Crippen LogP contribution in [0.3, 0.4) is 0 Å². The van der Waals surface area contributed by atoms with Gasteiger partial charge in [-0.05, 0) is 13.0 Å². The van der Waals surface area contributed by atoms with E-state index in [1.54, 1.807) is 35.7 Å². The van der Waals surface area contributed by atoms with Crippen molar-refractivity contribution in [2.75, 3.05) is 6.54 Å². The Morgan fingerprint density at radius 2 is 2.15 bits per heavy atom. The van der Waals surface area contributed by atoms with Crippen molar-refractivity contribution >= 4 is 11.3 Å². The third kappa shape index (κ3) is 4.25. The normalized spacial score (nSPS) is 12.6. The van der Waals surface area contributed by atoms with Gasteiger partial charge in [-0.3, -0.25) is 0 Å². The first kappa shape index (κ1) is 14.9. The Morgan fingerprint density at radius 3 is 2.85 bits per heavy atom. The lowest BCUT2D eigenvalue weighted by atomic mass is 10.1. The van der Waals surface area contributed by atoms with Crippen LogP contribution in [0.4, 0.5) is 8.78 Å². The zero-order chi connectivity index (χ0) is 14.4. The van der Waals surface area contributed by atoms with E-state index in [0.717, 1.165) is 23.5 Å². The molecule has 1 atom stereocenters. The summed E-state index contributed by atoms with van der Waals surface area (Å²) in [4.78, 5) is 4.20. The molecule has 0 aliphatic carbocycles. The smallest absolute Gasteiger partial charge is 0.387 e. The summed E-state index contributed by atoms with van der Waals surface area (Å²) in [6.45, 7) is -0.147. The number of benzene rings is 1. The van der Waals surface area contributed by atoms with Crippen LogP contribution >= 0.6 is 11.3 Å². The van der Waals surface area contributed by atoms with Crippen molar-refractivity contribution in [3.63, 3.8) is 0 Å². The van der Waals surface area contributed by atoms with E-state index in [1.807, 2.05) is 18.4 Å². The number of hydrogen-bond donors (Lipinski definition) is 1. The van der Waals surface area contributed by atoms with Crippen molar-refractivity contribution in [1.29, 1.82) is 0 Å². The summed E-state index contributed by atoms with van der Waals surface area (Å²) in [7, 11) is 0. The lowest BCUT2D eigenvalue weighted by Gasteiger charge is -2.17. The van der Waals surface area contributed by atoms with Gasteiger partial charge in [0.2, 0.25) is 0 Å². The Labute approximate surface area is 120 Å². The Kier molecular flexibility index (Phi) is 5.43. The maximum atomic E-state index is 12.4. The highest BCUT2D eigenvalue weighted by Crippen LogP contribution is 2.26. The summed E-state index contributed by atoms with van der Waals surface area (Å²) in [5, 5.41) is 6.28. The van der Waals surface area contributed by atoms with Crippen LogP contribution in [0.5, 0.6) is 5.75 Å². The lowest BCUT2D eigenvalue weighted by Crippen LogP contribution is -2.22. The Balaban J connectivity index is 1.92. The highest BCUT2D eigenvalue weighted by molar-refractivity contribution is 7.09. The molecule has 1 aromatic carbocycles. The Morgan fingerprint density at radius 1 is 1.35 bits per heavy atom. The summed E-state index contributed by atoms with van der Waals surface area (Å²) in [5.74, 6) is 0.219. The van der Waals surface area contributed by atoms with Crippen LogP contribution < -0.4 is 10.1 Å². The molecular formula is C14H16F2N2OS. The number of hydrogen-bond acceptors (Lipinski definition) is 4. The molecular weight excluding hydrogens is 282 g/mol. The van der Waals surface area contributed by atoms with Gasteiger partial charge in [0, 0.05) is 36.1 Å². The van der Waals surface area contributed by atoms with Crippen LogP contribution in [0, 0.1) is 0 Å². The fraction of sp³-hybridized carbons (Fsp3) is 0.357. The summed E-state index contributed by atoms with van der Waals surface area (Å²) >= 11 is 1.61. The van der Waals surface area contributed by atoms with Gasteiger partial charge in [0.05, 0.1) is 5.01 Å². The van der Waals surface area contributed by atoms with Gasteiger partial charge in [0.25, 0.3) is 0 Å². The fourth-order valence-corrected chi connectivity index (χ4v) is 2.54. The largest absolute Gasteiger partial charge is 0.434 e. The topological polar surface area (TPSA) is 34.2 Å². The molecule has 0 spiro atoms. The van der Waals surface area contributed by atoms with Crippen LogP contribution in [-0.2, 0) is 6.42 Å². The Bertz CT molecular complexity index is 520. The molecule has 3 nitrogen and oxygen atoms in total. The molecule has 0 amide bonds. The van der Waals surface area contributed by atoms with Crippen LogP contribution in [-0.4, -0.2) is 18.1 Å².